The molecule has 10 nitrogen and oxygen atoms in total. The van der Waals surface area contributed by atoms with E-state index in [0.717, 1.165) is 5.56 Å². The molecule has 0 saturated carbocycles. The number of hydrogen-bond acceptors (Lipinski definition) is 6. The van der Waals surface area contributed by atoms with Crippen molar-refractivity contribution in [3.05, 3.63) is 35.9 Å². The zero-order valence-electron chi connectivity index (χ0n) is 19.2. The van der Waals surface area contributed by atoms with Crippen LogP contribution in [0.4, 0.5) is 0 Å². The highest BCUT2D eigenvalue weighted by atomic mass is 16.4. The van der Waals surface area contributed by atoms with Crippen molar-refractivity contribution in [1.82, 2.24) is 15.5 Å². The lowest BCUT2D eigenvalue weighted by Crippen LogP contribution is -2.60. The number of aliphatic hydroxyl groups excluding tert-OH is 1. The third kappa shape index (κ3) is 7.00. The summed E-state index contributed by atoms with van der Waals surface area (Å²) < 4.78 is 0. The van der Waals surface area contributed by atoms with Gasteiger partial charge in [0.25, 0.3) is 0 Å². The average molecular weight is 463 g/mol. The molecule has 6 N–H and O–H groups in total. The maximum Gasteiger partial charge on any atom is 0.326 e. The minimum Gasteiger partial charge on any atom is -0.480 e. The van der Waals surface area contributed by atoms with Crippen LogP contribution in [-0.4, -0.2) is 75.6 Å². The molecule has 0 aliphatic carbocycles. The first-order valence-electron chi connectivity index (χ1n) is 11.1. The molecule has 1 aliphatic rings. The lowest BCUT2D eigenvalue weighted by molar-refractivity contribution is -0.150. The fourth-order valence-electron chi connectivity index (χ4n) is 3.74. The van der Waals surface area contributed by atoms with E-state index in [1.54, 1.807) is 38.1 Å². The Labute approximate surface area is 193 Å². The molecule has 1 fully saturated rings. The van der Waals surface area contributed by atoms with Crippen LogP contribution in [0.3, 0.4) is 0 Å². The second-order valence-electron chi connectivity index (χ2n) is 8.78. The summed E-state index contributed by atoms with van der Waals surface area (Å²) in [5, 5.41) is 24.8. The van der Waals surface area contributed by atoms with E-state index in [-0.39, 0.29) is 18.9 Å². The Balaban J connectivity index is 2.22. The third-order valence-electron chi connectivity index (χ3n) is 5.80. The fraction of sp³-hybridized carbons (Fsp3) is 0.565. The molecule has 10 heteroatoms. The van der Waals surface area contributed by atoms with Gasteiger partial charge in [0, 0.05) is 13.0 Å². The molecule has 1 saturated heterocycles. The predicted octanol–water partition coefficient (Wildman–Crippen LogP) is -0.362. The highest BCUT2D eigenvalue weighted by molar-refractivity contribution is 5.94. The number of hydrogen-bond donors (Lipinski definition) is 5. The molecule has 0 radical (unpaired) electrons. The molecule has 2 rings (SSSR count). The van der Waals surface area contributed by atoms with Crippen molar-refractivity contribution in [3.8, 4) is 0 Å². The molecular weight excluding hydrogens is 428 g/mol. The predicted molar refractivity (Wildman–Crippen MR) is 121 cm³/mol. The maximum absolute atomic E-state index is 13.2. The molecule has 0 bridgehead atoms. The lowest BCUT2D eigenvalue weighted by Gasteiger charge is -2.30. The Kier molecular flexibility index (Phi) is 9.36. The molecule has 5 atom stereocenters. The molecule has 0 aromatic heterocycles. The molecular formula is C23H34N4O6. The molecule has 1 aromatic carbocycles. The minimum absolute atomic E-state index is 0.144. The molecule has 33 heavy (non-hydrogen) atoms. The molecule has 0 spiro atoms. The topological polar surface area (TPSA) is 162 Å². The molecule has 5 unspecified atom stereocenters. The van der Waals surface area contributed by atoms with Gasteiger partial charge in [0.1, 0.15) is 18.1 Å². The Bertz CT molecular complexity index is 845. The van der Waals surface area contributed by atoms with Crippen molar-refractivity contribution in [3.63, 3.8) is 0 Å². The summed E-state index contributed by atoms with van der Waals surface area (Å²) in [5.41, 5.74) is 6.70. The van der Waals surface area contributed by atoms with Gasteiger partial charge in [-0.15, -0.1) is 0 Å². The largest absolute Gasteiger partial charge is 0.480 e. The minimum atomic E-state index is -1.36. The Morgan fingerprint density at radius 2 is 1.73 bits per heavy atom. The number of nitrogens with one attached hydrogen (secondary N) is 2. The molecule has 1 aliphatic heterocycles. The number of carboxylic acids is 1. The van der Waals surface area contributed by atoms with Gasteiger partial charge in [-0.3, -0.25) is 14.4 Å². The summed E-state index contributed by atoms with van der Waals surface area (Å²) in [6, 6.07) is 4.79. The molecule has 182 valence electrons. The zero-order valence-corrected chi connectivity index (χ0v) is 19.2. The fourth-order valence-corrected chi connectivity index (χ4v) is 3.74. The number of carbonyl (C=O) groups excluding carboxylic acids is 3. The Morgan fingerprint density at radius 3 is 2.27 bits per heavy atom. The van der Waals surface area contributed by atoms with Crippen LogP contribution in [0.15, 0.2) is 30.3 Å². The summed E-state index contributed by atoms with van der Waals surface area (Å²) in [7, 11) is 0. The van der Waals surface area contributed by atoms with E-state index in [9.17, 15) is 29.4 Å². The number of aliphatic hydroxyl groups is 1. The summed E-state index contributed by atoms with van der Waals surface area (Å²) in [4.78, 5) is 51.4. The highest BCUT2D eigenvalue weighted by Crippen LogP contribution is 2.19. The quantitative estimate of drug-likeness (QED) is 0.317. The summed E-state index contributed by atoms with van der Waals surface area (Å²) in [6.07, 6.45) is -0.308. The van der Waals surface area contributed by atoms with Crippen molar-refractivity contribution >= 4 is 23.7 Å². The van der Waals surface area contributed by atoms with Crippen LogP contribution >= 0.6 is 0 Å². The molecule has 1 aromatic rings. The third-order valence-corrected chi connectivity index (χ3v) is 5.80. The first kappa shape index (κ1) is 26.3. The van der Waals surface area contributed by atoms with Crippen molar-refractivity contribution in [2.75, 3.05) is 6.54 Å². The second-order valence-corrected chi connectivity index (χ2v) is 8.78. The van der Waals surface area contributed by atoms with Crippen LogP contribution in [0.1, 0.15) is 39.2 Å². The van der Waals surface area contributed by atoms with Gasteiger partial charge in [-0.2, -0.15) is 0 Å². The summed E-state index contributed by atoms with van der Waals surface area (Å²) in [5.74, 6) is -3.14. The Hall–Kier alpha value is -2.98. The van der Waals surface area contributed by atoms with Gasteiger partial charge < -0.3 is 31.5 Å². The normalized spacial score (nSPS) is 19.5. The molecule has 3 amide bonds. The van der Waals surface area contributed by atoms with Crippen LogP contribution in [0.2, 0.25) is 0 Å². The number of amides is 3. The maximum atomic E-state index is 13.2. The van der Waals surface area contributed by atoms with Gasteiger partial charge in [0.15, 0.2) is 0 Å². The van der Waals surface area contributed by atoms with Crippen LogP contribution < -0.4 is 16.4 Å². The van der Waals surface area contributed by atoms with E-state index < -0.39 is 54.0 Å². The van der Waals surface area contributed by atoms with Gasteiger partial charge in [0.2, 0.25) is 17.7 Å². The van der Waals surface area contributed by atoms with Gasteiger partial charge in [-0.25, -0.2) is 4.79 Å². The number of nitrogens with two attached hydrogens (primary N) is 1. The number of carbonyl (C=O) groups is 4. The zero-order chi connectivity index (χ0) is 24.7. The van der Waals surface area contributed by atoms with Crippen molar-refractivity contribution < 1.29 is 29.4 Å². The number of likely N-dealkylation sites (tertiary alicyclic amines) is 1. The SMILES string of the molecule is CC(C)C(N)C(=O)NC(Cc1ccccc1)C(=O)NC(C(=O)N1CCCC1C(=O)O)C(C)O. The first-order chi connectivity index (χ1) is 15.5. The summed E-state index contributed by atoms with van der Waals surface area (Å²) >= 11 is 0. The number of aliphatic carboxylic acids is 1. The lowest BCUT2D eigenvalue weighted by atomic mass is 10.0. The van der Waals surface area contributed by atoms with E-state index in [0.29, 0.717) is 12.8 Å². The number of rotatable bonds is 10. The van der Waals surface area contributed by atoms with Crippen molar-refractivity contribution in [2.45, 2.75) is 70.3 Å². The van der Waals surface area contributed by atoms with Gasteiger partial charge in [-0.1, -0.05) is 44.2 Å². The van der Waals surface area contributed by atoms with Crippen LogP contribution in [-0.2, 0) is 25.6 Å². The van der Waals surface area contributed by atoms with E-state index in [1.165, 1.54) is 11.8 Å². The number of nitrogens with zero attached hydrogens (tertiary/aromatic N) is 1. The van der Waals surface area contributed by atoms with E-state index in [2.05, 4.69) is 10.6 Å². The van der Waals surface area contributed by atoms with Crippen LogP contribution in [0.25, 0.3) is 0 Å². The van der Waals surface area contributed by atoms with Crippen molar-refractivity contribution in [2.24, 2.45) is 11.7 Å². The summed E-state index contributed by atoms with van der Waals surface area (Å²) in [6.45, 7) is 5.14. The van der Waals surface area contributed by atoms with Gasteiger partial charge in [-0.05, 0) is 31.2 Å². The van der Waals surface area contributed by atoms with Crippen molar-refractivity contribution in [1.29, 1.82) is 0 Å². The Morgan fingerprint density at radius 1 is 1.09 bits per heavy atom. The standard InChI is InChI=1S/C23H34N4O6/c1-13(2)18(24)21(30)25-16(12-15-8-5-4-6-9-15)20(29)26-19(14(3)28)22(31)27-11-7-10-17(27)23(32)33/h4-6,8-9,13-14,16-19,28H,7,10-12,24H2,1-3H3,(H,25,30)(H,26,29)(H,32,33). The van der Waals surface area contributed by atoms with E-state index in [4.69, 9.17) is 5.73 Å². The van der Waals surface area contributed by atoms with Gasteiger partial charge >= 0.3 is 5.97 Å². The van der Waals surface area contributed by atoms with E-state index >= 15 is 0 Å². The monoisotopic (exact) mass is 462 g/mol. The smallest absolute Gasteiger partial charge is 0.326 e. The number of benzene rings is 1. The van der Waals surface area contributed by atoms with Gasteiger partial charge in [0.05, 0.1) is 12.1 Å². The van der Waals surface area contributed by atoms with Crippen LogP contribution in [0.5, 0.6) is 0 Å². The highest BCUT2D eigenvalue weighted by Gasteiger charge is 2.40. The van der Waals surface area contributed by atoms with Crippen LogP contribution in [0, 0.1) is 5.92 Å². The van der Waals surface area contributed by atoms with E-state index in [1.807, 2.05) is 6.07 Å². The second kappa shape index (κ2) is 11.8. The first-order valence-corrected chi connectivity index (χ1v) is 11.1. The number of carboxylic acid groups (broad SMARTS) is 1. The average Bonchev–Trinajstić information content (AvgIpc) is 3.26. The molecule has 1 heterocycles.